The molecule has 0 aliphatic heterocycles. The van der Waals surface area contributed by atoms with Crippen molar-refractivity contribution in [2.75, 3.05) is 0 Å². The van der Waals surface area contributed by atoms with Gasteiger partial charge in [0.2, 0.25) is 0 Å². The maximum absolute atomic E-state index is 8.85. The highest BCUT2D eigenvalue weighted by Crippen LogP contribution is 2.26. The molecule has 0 bridgehead atoms. The minimum atomic E-state index is 0.383. The molecule has 0 amide bonds. The van der Waals surface area contributed by atoms with Gasteiger partial charge < -0.3 is 0 Å². The van der Waals surface area contributed by atoms with Gasteiger partial charge in [-0.1, -0.05) is 44.2 Å². The van der Waals surface area contributed by atoms with Gasteiger partial charge in [-0.15, -0.1) is 11.3 Å². The van der Waals surface area contributed by atoms with Gasteiger partial charge in [0.1, 0.15) is 0 Å². The second-order valence-electron chi connectivity index (χ2n) is 4.57. The topological polar surface area (TPSA) is 36.7 Å². The van der Waals surface area contributed by atoms with Gasteiger partial charge in [0.05, 0.1) is 23.2 Å². The first kappa shape index (κ1) is 12.8. The van der Waals surface area contributed by atoms with Crippen molar-refractivity contribution in [1.29, 1.82) is 5.26 Å². The van der Waals surface area contributed by atoms with Gasteiger partial charge in [-0.25, -0.2) is 4.98 Å². The lowest BCUT2D eigenvalue weighted by atomic mass is 10.1. The van der Waals surface area contributed by atoms with Gasteiger partial charge in [-0.2, -0.15) is 5.26 Å². The molecule has 2 rings (SSSR count). The van der Waals surface area contributed by atoms with Crippen LogP contribution in [0.1, 0.15) is 40.9 Å². The van der Waals surface area contributed by atoms with E-state index in [0.29, 0.717) is 12.3 Å². The zero-order valence-electron chi connectivity index (χ0n) is 10.7. The molecule has 0 spiro atoms. The Morgan fingerprint density at radius 1 is 1.28 bits per heavy atom. The molecule has 0 fully saturated rings. The molecule has 0 atom stereocenters. The monoisotopic (exact) mass is 256 g/mol. The second kappa shape index (κ2) is 5.79. The Balaban J connectivity index is 2.25. The first-order chi connectivity index (χ1) is 8.70. The van der Waals surface area contributed by atoms with E-state index in [4.69, 9.17) is 10.2 Å². The fraction of sp³-hybridized carbons (Fsp3) is 0.333. The van der Waals surface area contributed by atoms with Crippen LogP contribution in [0.5, 0.6) is 0 Å². The third-order valence-corrected chi connectivity index (χ3v) is 3.83. The number of nitrogens with zero attached hydrogens (tertiary/aromatic N) is 2. The average Bonchev–Trinajstić information content (AvgIpc) is 2.74. The summed E-state index contributed by atoms with van der Waals surface area (Å²) in [5, 5.41) is 9.96. The zero-order chi connectivity index (χ0) is 13.0. The molecule has 0 saturated heterocycles. The van der Waals surface area contributed by atoms with Crippen molar-refractivity contribution < 1.29 is 0 Å². The van der Waals surface area contributed by atoms with E-state index in [-0.39, 0.29) is 0 Å². The van der Waals surface area contributed by atoms with E-state index >= 15 is 0 Å². The minimum Gasteiger partial charge on any atom is -0.245 e. The van der Waals surface area contributed by atoms with Gasteiger partial charge in [-0.05, 0) is 11.5 Å². The van der Waals surface area contributed by atoms with Crippen LogP contribution in [0.3, 0.4) is 0 Å². The third kappa shape index (κ3) is 2.96. The third-order valence-electron chi connectivity index (χ3n) is 2.76. The molecule has 1 aromatic heterocycles. The molecular formula is C15H16N2S. The lowest BCUT2D eigenvalue weighted by molar-refractivity contribution is 0.813. The molecule has 18 heavy (non-hydrogen) atoms. The highest BCUT2D eigenvalue weighted by Gasteiger charge is 2.14. The van der Waals surface area contributed by atoms with Crippen molar-refractivity contribution in [2.45, 2.75) is 32.6 Å². The maximum Gasteiger partial charge on any atom is 0.0975 e. The van der Waals surface area contributed by atoms with Crippen molar-refractivity contribution in [1.82, 2.24) is 4.98 Å². The quantitative estimate of drug-likeness (QED) is 0.831. The lowest BCUT2D eigenvalue weighted by Gasteiger charge is -2.01. The van der Waals surface area contributed by atoms with E-state index in [2.05, 4.69) is 32.0 Å². The second-order valence-corrected chi connectivity index (χ2v) is 5.74. The van der Waals surface area contributed by atoms with Gasteiger partial charge in [0.15, 0.2) is 0 Å². The highest BCUT2D eigenvalue weighted by molar-refractivity contribution is 7.11. The molecule has 92 valence electrons. The van der Waals surface area contributed by atoms with Gasteiger partial charge in [-0.3, -0.25) is 0 Å². The normalized spacial score (nSPS) is 10.6. The summed E-state index contributed by atoms with van der Waals surface area (Å²) in [6.07, 6.45) is 1.33. The van der Waals surface area contributed by atoms with Crippen LogP contribution in [-0.2, 0) is 12.8 Å². The number of aromatic nitrogens is 1. The fourth-order valence-corrected chi connectivity index (χ4v) is 3.10. The van der Waals surface area contributed by atoms with E-state index in [1.165, 1.54) is 5.56 Å². The zero-order valence-corrected chi connectivity index (χ0v) is 11.5. The largest absolute Gasteiger partial charge is 0.245 e. The van der Waals surface area contributed by atoms with Gasteiger partial charge in [0.25, 0.3) is 0 Å². The number of nitriles is 1. The molecule has 2 nitrogen and oxygen atoms in total. The predicted octanol–water partition coefficient (Wildman–Crippen LogP) is 3.92. The van der Waals surface area contributed by atoms with Crippen LogP contribution < -0.4 is 0 Å². The fourth-order valence-electron chi connectivity index (χ4n) is 1.91. The molecule has 0 N–H and O–H groups in total. The predicted molar refractivity (Wildman–Crippen MR) is 74.8 cm³/mol. The Labute approximate surface area is 112 Å². The Kier molecular flexibility index (Phi) is 4.11. The summed E-state index contributed by atoms with van der Waals surface area (Å²) >= 11 is 1.67. The Hall–Kier alpha value is -1.66. The molecule has 1 aromatic carbocycles. The van der Waals surface area contributed by atoms with Crippen LogP contribution in [0.2, 0.25) is 0 Å². The van der Waals surface area contributed by atoms with E-state index in [9.17, 15) is 0 Å². The molecule has 1 heterocycles. The van der Waals surface area contributed by atoms with Crippen molar-refractivity contribution >= 4 is 11.3 Å². The molecule has 2 aromatic rings. The van der Waals surface area contributed by atoms with Crippen molar-refractivity contribution in [3.63, 3.8) is 0 Å². The molecule has 0 saturated carbocycles. The Bertz CT molecular complexity index is 550. The number of rotatable bonds is 4. The summed E-state index contributed by atoms with van der Waals surface area (Å²) in [5.74, 6) is 0.383. The Morgan fingerprint density at radius 3 is 2.61 bits per heavy atom. The lowest BCUT2D eigenvalue weighted by Crippen LogP contribution is -1.93. The SMILES string of the molecule is CC(C)c1nc(Cc2ccccc2)sc1CC#N. The average molecular weight is 256 g/mol. The highest BCUT2D eigenvalue weighted by atomic mass is 32.1. The van der Waals surface area contributed by atoms with Crippen LogP contribution in [0, 0.1) is 11.3 Å². The summed E-state index contributed by atoms with van der Waals surface area (Å²) in [6, 6.07) is 12.6. The number of hydrogen-bond donors (Lipinski definition) is 0. The summed E-state index contributed by atoms with van der Waals surface area (Å²) in [5.41, 5.74) is 2.36. The van der Waals surface area contributed by atoms with E-state index in [1.54, 1.807) is 11.3 Å². The molecule has 0 aliphatic rings. The minimum absolute atomic E-state index is 0.383. The van der Waals surface area contributed by atoms with Crippen LogP contribution in [0.15, 0.2) is 30.3 Å². The molecule has 0 unspecified atom stereocenters. The Morgan fingerprint density at radius 2 is 2.00 bits per heavy atom. The molecule has 0 aliphatic carbocycles. The van der Waals surface area contributed by atoms with Crippen LogP contribution in [0.25, 0.3) is 0 Å². The molecular weight excluding hydrogens is 240 g/mol. The van der Waals surface area contributed by atoms with Crippen LogP contribution in [-0.4, -0.2) is 4.98 Å². The van der Waals surface area contributed by atoms with Crippen molar-refractivity contribution in [3.8, 4) is 6.07 Å². The molecule has 0 radical (unpaired) electrons. The van der Waals surface area contributed by atoms with Gasteiger partial charge in [0, 0.05) is 11.3 Å². The van der Waals surface area contributed by atoms with E-state index in [0.717, 1.165) is 22.0 Å². The molecule has 3 heteroatoms. The van der Waals surface area contributed by atoms with Crippen LogP contribution in [0.4, 0.5) is 0 Å². The maximum atomic E-state index is 8.85. The van der Waals surface area contributed by atoms with Gasteiger partial charge >= 0.3 is 0 Å². The van der Waals surface area contributed by atoms with Crippen LogP contribution >= 0.6 is 11.3 Å². The van der Waals surface area contributed by atoms with E-state index in [1.807, 2.05) is 18.2 Å². The van der Waals surface area contributed by atoms with Crippen molar-refractivity contribution in [2.24, 2.45) is 0 Å². The van der Waals surface area contributed by atoms with Crippen molar-refractivity contribution in [3.05, 3.63) is 51.5 Å². The summed E-state index contributed by atoms with van der Waals surface area (Å²) in [4.78, 5) is 5.81. The first-order valence-electron chi connectivity index (χ1n) is 6.10. The number of thiazole rings is 1. The standard InChI is InChI=1S/C15H16N2S/c1-11(2)15-13(8-9-16)18-14(17-15)10-12-6-4-3-5-7-12/h3-7,11H,8,10H2,1-2H3. The smallest absolute Gasteiger partial charge is 0.0975 e. The van der Waals surface area contributed by atoms with E-state index < -0.39 is 0 Å². The summed E-state index contributed by atoms with van der Waals surface area (Å²) < 4.78 is 0. The summed E-state index contributed by atoms with van der Waals surface area (Å²) in [7, 11) is 0. The number of hydrogen-bond acceptors (Lipinski definition) is 3. The summed E-state index contributed by atoms with van der Waals surface area (Å²) in [6.45, 7) is 4.25. The first-order valence-corrected chi connectivity index (χ1v) is 6.91. The number of benzene rings is 1.